The van der Waals surface area contributed by atoms with Crippen LogP contribution in [0.25, 0.3) is 0 Å². The molecule has 0 aliphatic carbocycles. The maximum atomic E-state index is 10.5. The Morgan fingerprint density at radius 3 is 2.62 bits per heavy atom. The van der Waals surface area contributed by atoms with Crippen LogP contribution in [0, 0.1) is 0 Å². The molecule has 76 valence electrons. The molecule has 1 fully saturated rings. The molecular weight excluding hydrogens is 186 g/mol. The Kier molecular flexibility index (Phi) is 4.77. The summed E-state index contributed by atoms with van der Waals surface area (Å²) in [6.07, 6.45) is 3.08. The first-order valence-electron chi connectivity index (χ1n) is 4.80. The predicted molar refractivity (Wildman–Crippen MR) is 54.9 cm³/mol. The topological polar surface area (TPSA) is 40.5 Å². The van der Waals surface area contributed by atoms with Crippen molar-refractivity contribution >= 4 is 17.7 Å². The summed E-state index contributed by atoms with van der Waals surface area (Å²) in [5.74, 6) is 0. The molecule has 0 spiro atoms. The highest BCUT2D eigenvalue weighted by atomic mass is 32.1. The lowest BCUT2D eigenvalue weighted by Crippen LogP contribution is -2.36. The van der Waals surface area contributed by atoms with E-state index in [1.807, 2.05) is 0 Å². The summed E-state index contributed by atoms with van der Waals surface area (Å²) in [6.45, 7) is 2.88. The first kappa shape index (κ1) is 11.0. The number of carbonyl (C=O) groups is 1. The van der Waals surface area contributed by atoms with E-state index in [0.29, 0.717) is 6.42 Å². The summed E-state index contributed by atoms with van der Waals surface area (Å²) in [5.41, 5.74) is 0. The molecule has 0 aromatic carbocycles. The van der Waals surface area contributed by atoms with Crippen molar-refractivity contribution in [1.29, 1.82) is 0 Å². The van der Waals surface area contributed by atoms with Crippen LogP contribution in [0.4, 0.5) is 0 Å². The van der Waals surface area contributed by atoms with Crippen molar-refractivity contribution in [2.75, 3.05) is 19.6 Å². The SMILES string of the molecule is O=C(S)CCCN1CCC(O)CC1. The van der Waals surface area contributed by atoms with Crippen LogP contribution in [0.3, 0.4) is 0 Å². The minimum absolute atomic E-state index is 0.0305. The normalized spacial score (nSPS) is 20.5. The van der Waals surface area contributed by atoms with Gasteiger partial charge in [0.05, 0.1) is 6.10 Å². The van der Waals surface area contributed by atoms with Gasteiger partial charge in [0.15, 0.2) is 5.12 Å². The lowest BCUT2D eigenvalue weighted by atomic mass is 10.1. The fraction of sp³-hybridized carbons (Fsp3) is 0.889. The second-order valence-corrected chi connectivity index (χ2v) is 4.07. The van der Waals surface area contributed by atoms with Gasteiger partial charge in [0.1, 0.15) is 0 Å². The summed E-state index contributed by atoms with van der Waals surface area (Å²) in [6, 6.07) is 0. The standard InChI is InChI=1S/C9H17NO2S/c11-8-3-6-10(7-4-8)5-1-2-9(12)13/h8,11H,1-7H2,(H,12,13). The number of hydrogen-bond donors (Lipinski definition) is 2. The quantitative estimate of drug-likeness (QED) is 0.660. The first-order chi connectivity index (χ1) is 6.18. The van der Waals surface area contributed by atoms with E-state index in [4.69, 9.17) is 0 Å². The Labute approximate surface area is 84.5 Å². The Morgan fingerprint density at radius 2 is 2.08 bits per heavy atom. The van der Waals surface area contributed by atoms with Crippen molar-refractivity contribution in [2.24, 2.45) is 0 Å². The highest BCUT2D eigenvalue weighted by Gasteiger charge is 2.16. The number of aliphatic hydroxyl groups is 1. The number of carbonyl (C=O) groups excluding carboxylic acids is 1. The van der Waals surface area contributed by atoms with Crippen LogP contribution in [-0.2, 0) is 4.79 Å². The molecule has 0 bridgehead atoms. The van der Waals surface area contributed by atoms with E-state index in [1.54, 1.807) is 0 Å². The highest BCUT2D eigenvalue weighted by molar-refractivity contribution is 7.96. The average molecular weight is 203 g/mol. The third kappa shape index (κ3) is 4.64. The maximum absolute atomic E-state index is 10.5. The molecule has 0 amide bonds. The zero-order chi connectivity index (χ0) is 9.68. The van der Waals surface area contributed by atoms with Crippen molar-refractivity contribution in [1.82, 2.24) is 4.90 Å². The molecule has 1 saturated heterocycles. The second kappa shape index (κ2) is 5.62. The highest BCUT2D eigenvalue weighted by Crippen LogP contribution is 2.10. The van der Waals surface area contributed by atoms with E-state index in [-0.39, 0.29) is 11.2 Å². The summed E-state index contributed by atoms with van der Waals surface area (Å²) >= 11 is 3.71. The number of nitrogens with zero attached hydrogens (tertiary/aromatic N) is 1. The van der Waals surface area contributed by atoms with Crippen molar-refractivity contribution in [2.45, 2.75) is 31.8 Å². The molecule has 1 aliphatic rings. The number of piperidine rings is 1. The maximum Gasteiger partial charge on any atom is 0.185 e. The molecule has 4 heteroatoms. The molecular formula is C9H17NO2S. The van der Waals surface area contributed by atoms with Crippen LogP contribution in [0.15, 0.2) is 0 Å². The zero-order valence-electron chi connectivity index (χ0n) is 7.78. The fourth-order valence-electron chi connectivity index (χ4n) is 1.60. The Hall–Kier alpha value is -0.0600. The van der Waals surface area contributed by atoms with Gasteiger partial charge in [-0.2, -0.15) is 0 Å². The van der Waals surface area contributed by atoms with Crippen LogP contribution in [0.2, 0.25) is 0 Å². The van der Waals surface area contributed by atoms with Gasteiger partial charge in [0.2, 0.25) is 0 Å². The average Bonchev–Trinajstić information content (AvgIpc) is 2.08. The zero-order valence-corrected chi connectivity index (χ0v) is 8.67. The molecule has 0 unspecified atom stereocenters. The van der Waals surface area contributed by atoms with Crippen LogP contribution in [0.1, 0.15) is 25.7 Å². The first-order valence-corrected chi connectivity index (χ1v) is 5.25. The van der Waals surface area contributed by atoms with Gasteiger partial charge in [-0.15, -0.1) is 12.6 Å². The molecule has 0 aromatic rings. The Bertz CT molecular complexity index is 167. The van der Waals surface area contributed by atoms with Gasteiger partial charge in [-0.1, -0.05) is 0 Å². The van der Waals surface area contributed by atoms with Gasteiger partial charge in [-0.25, -0.2) is 0 Å². The van der Waals surface area contributed by atoms with Crippen LogP contribution >= 0.6 is 12.6 Å². The van der Waals surface area contributed by atoms with Gasteiger partial charge < -0.3 is 10.0 Å². The number of likely N-dealkylation sites (tertiary alicyclic amines) is 1. The minimum Gasteiger partial charge on any atom is -0.393 e. The molecule has 1 rings (SSSR count). The molecule has 1 aliphatic heterocycles. The van der Waals surface area contributed by atoms with E-state index >= 15 is 0 Å². The smallest absolute Gasteiger partial charge is 0.185 e. The van der Waals surface area contributed by atoms with Crippen molar-refractivity contribution in [3.05, 3.63) is 0 Å². The number of hydrogen-bond acceptors (Lipinski definition) is 3. The lowest BCUT2D eigenvalue weighted by molar-refractivity contribution is -0.111. The van der Waals surface area contributed by atoms with E-state index in [9.17, 15) is 9.90 Å². The van der Waals surface area contributed by atoms with E-state index in [1.165, 1.54) is 0 Å². The molecule has 13 heavy (non-hydrogen) atoms. The summed E-state index contributed by atoms with van der Waals surface area (Å²) in [5, 5.41) is 9.22. The van der Waals surface area contributed by atoms with Crippen molar-refractivity contribution in [3.63, 3.8) is 0 Å². The Morgan fingerprint density at radius 1 is 1.46 bits per heavy atom. The van der Waals surface area contributed by atoms with Crippen LogP contribution in [-0.4, -0.2) is 40.9 Å². The van der Waals surface area contributed by atoms with E-state index < -0.39 is 0 Å². The van der Waals surface area contributed by atoms with Crippen LogP contribution < -0.4 is 0 Å². The van der Waals surface area contributed by atoms with Gasteiger partial charge in [-0.05, 0) is 25.8 Å². The monoisotopic (exact) mass is 203 g/mol. The fourth-order valence-corrected chi connectivity index (χ4v) is 1.75. The summed E-state index contributed by atoms with van der Waals surface area (Å²) in [4.78, 5) is 12.8. The van der Waals surface area contributed by atoms with Crippen molar-refractivity contribution < 1.29 is 9.90 Å². The molecule has 0 atom stereocenters. The number of thiol groups is 1. The van der Waals surface area contributed by atoms with Gasteiger partial charge in [0, 0.05) is 19.5 Å². The number of rotatable bonds is 4. The predicted octanol–water partition coefficient (Wildman–Crippen LogP) is 0.680. The molecule has 1 heterocycles. The third-order valence-electron chi connectivity index (χ3n) is 2.42. The number of aliphatic hydroxyl groups excluding tert-OH is 1. The van der Waals surface area contributed by atoms with E-state index in [2.05, 4.69) is 17.5 Å². The largest absolute Gasteiger partial charge is 0.393 e. The second-order valence-electron chi connectivity index (χ2n) is 3.57. The molecule has 0 aromatic heterocycles. The molecule has 0 saturated carbocycles. The summed E-state index contributed by atoms with van der Waals surface area (Å²) < 4.78 is 0. The van der Waals surface area contributed by atoms with Gasteiger partial charge in [0.25, 0.3) is 0 Å². The van der Waals surface area contributed by atoms with Crippen LogP contribution in [0.5, 0.6) is 0 Å². The molecule has 3 nitrogen and oxygen atoms in total. The molecule has 1 N–H and O–H groups in total. The van der Waals surface area contributed by atoms with Crippen molar-refractivity contribution in [3.8, 4) is 0 Å². The van der Waals surface area contributed by atoms with Gasteiger partial charge >= 0.3 is 0 Å². The molecule has 0 radical (unpaired) electrons. The minimum atomic E-state index is -0.109. The Balaban J connectivity index is 2.05. The third-order valence-corrected chi connectivity index (χ3v) is 2.65. The summed E-state index contributed by atoms with van der Waals surface area (Å²) in [7, 11) is 0. The van der Waals surface area contributed by atoms with Gasteiger partial charge in [-0.3, -0.25) is 4.79 Å². The lowest BCUT2D eigenvalue weighted by Gasteiger charge is -2.29. The van der Waals surface area contributed by atoms with E-state index in [0.717, 1.165) is 38.9 Å².